The number of aliphatic carboxylic acids is 1. The van der Waals surface area contributed by atoms with Gasteiger partial charge in [0.2, 0.25) is 0 Å². The molecule has 5 heteroatoms. The van der Waals surface area contributed by atoms with E-state index in [0.717, 1.165) is 25.7 Å². The lowest BCUT2D eigenvalue weighted by molar-refractivity contribution is -0.136. The van der Waals surface area contributed by atoms with Gasteiger partial charge in [-0.3, -0.25) is 9.59 Å². The smallest absolute Gasteiger partial charge is 0.317 e. The van der Waals surface area contributed by atoms with Crippen LogP contribution in [0, 0.1) is 0 Å². The minimum atomic E-state index is -0.953. The van der Waals surface area contributed by atoms with E-state index in [1.807, 2.05) is 0 Å². The molecule has 0 spiro atoms. The quantitative estimate of drug-likeness (QED) is 0.643. The number of unbranched alkanes of at least 4 members (excludes halogenated alkanes) is 3. The molecule has 4 nitrogen and oxygen atoms in total. The van der Waals surface area contributed by atoms with Crippen molar-refractivity contribution in [1.82, 2.24) is 0 Å². The third-order valence-electron chi connectivity index (χ3n) is 1.85. The van der Waals surface area contributed by atoms with Crippen molar-refractivity contribution in [3.63, 3.8) is 0 Å². The molecule has 3 N–H and O–H groups in total. The number of carbonyl (C=O) groups excluding carboxylic acids is 1. The summed E-state index contributed by atoms with van der Waals surface area (Å²) in [5, 5.41) is 7.46. The zero-order chi connectivity index (χ0) is 11.0. The van der Waals surface area contributed by atoms with E-state index in [0.29, 0.717) is 18.2 Å². The number of carboxylic acids is 1. The van der Waals surface area contributed by atoms with Gasteiger partial charge in [0.1, 0.15) is 5.25 Å². The molecule has 0 saturated heterocycles. The number of thioether (sulfide) groups is 1. The van der Waals surface area contributed by atoms with E-state index < -0.39 is 16.5 Å². The Morgan fingerprint density at radius 2 is 2.00 bits per heavy atom. The molecule has 0 bridgehead atoms. The lowest BCUT2D eigenvalue weighted by atomic mass is 10.1. The molecule has 0 aliphatic rings. The van der Waals surface area contributed by atoms with Gasteiger partial charge in [-0.2, -0.15) is 0 Å². The van der Waals surface area contributed by atoms with Crippen LogP contribution in [0.1, 0.15) is 39.0 Å². The molecule has 0 aliphatic carbocycles. The van der Waals surface area contributed by atoms with Crippen molar-refractivity contribution in [1.29, 1.82) is 0 Å². The van der Waals surface area contributed by atoms with Crippen molar-refractivity contribution < 1.29 is 14.7 Å². The highest BCUT2D eigenvalue weighted by atomic mass is 32.2. The molecule has 1 unspecified atom stereocenters. The summed E-state index contributed by atoms with van der Waals surface area (Å²) in [6.45, 7) is 2.09. The summed E-state index contributed by atoms with van der Waals surface area (Å²) >= 11 is 0.705. The summed E-state index contributed by atoms with van der Waals surface area (Å²) in [6.07, 6.45) is 4.59. The Kier molecular flexibility index (Phi) is 7.28. The van der Waals surface area contributed by atoms with Gasteiger partial charge in [-0.05, 0) is 18.2 Å². The topological polar surface area (TPSA) is 80.4 Å². The Labute approximate surface area is 88.2 Å². The van der Waals surface area contributed by atoms with Crippen LogP contribution in [0.15, 0.2) is 0 Å². The summed E-state index contributed by atoms with van der Waals surface area (Å²) in [5.74, 6) is -0.953. The maximum absolute atomic E-state index is 10.7. The van der Waals surface area contributed by atoms with Crippen LogP contribution in [0.3, 0.4) is 0 Å². The van der Waals surface area contributed by atoms with Gasteiger partial charge >= 0.3 is 5.97 Å². The Balaban J connectivity index is 3.74. The zero-order valence-electron chi connectivity index (χ0n) is 8.36. The highest BCUT2D eigenvalue weighted by Gasteiger charge is 2.19. The van der Waals surface area contributed by atoms with Crippen LogP contribution in [0.25, 0.3) is 0 Å². The summed E-state index contributed by atoms with van der Waals surface area (Å²) in [7, 11) is 0. The molecule has 0 aromatic rings. The average molecular weight is 219 g/mol. The van der Waals surface area contributed by atoms with Crippen LogP contribution < -0.4 is 5.73 Å². The molecule has 0 heterocycles. The number of rotatable bonds is 7. The molecule has 0 aliphatic heterocycles. The number of nitrogens with two attached hydrogens (primary N) is 1. The van der Waals surface area contributed by atoms with Gasteiger partial charge in [0, 0.05) is 0 Å². The summed E-state index contributed by atoms with van der Waals surface area (Å²) < 4.78 is 0. The van der Waals surface area contributed by atoms with Crippen molar-refractivity contribution in [2.75, 3.05) is 0 Å². The Hall–Kier alpha value is -0.710. The van der Waals surface area contributed by atoms with Crippen molar-refractivity contribution >= 4 is 23.0 Å². The summed E-state index contributed by atoms with van der Waals surface area (Å²) in [6, 6.07) is 0. The largest absolute Gasteiger partial charge is 0.480 e. The molecular weight excluding hydrogens is 202 g/mol. The van der Waals surface area contributed by atoms with Gasteiger partial charge in [-0.15, -0.1) is 0 Å². The fraction of sp³-hybridized carbons (Fsp3) is 0.778. The van der Waals surface area contributed by atoms with Crippen LogP contribution in [0.5, 0.6) is 0 Å². The normalized spacial score (nSPS) is 12.4. The van der Waals surface area contributed by atoms with Crippen molar-refractivity contribution in [2.45, 2.75) is 44.3 Å². The fourth-order valence-corrected chi connectivity index (χ4v) is 1.80. The van der Waals surface area contributed by atoms with Crippen molar-refractivity contribution in [3.8, 4) is 0 Å². The molecule has 1 amide bonds. The number of hydrogen-bond donors (Lipinski definition) is 2. The van der Waals surface area contributed by atoms with Crippen LogP contribution in [0.2, 0.25) is 0 Å². The number of carbonyl (C=O) groups is 2. The van der Waals surface area contributed by atoms with E-state index in [4.69, 9.17) is 10.8 Å². The zero-order valence-corrected chi connectivity index (χ0v) is 9.18. The van der Waals surface area contributed by atoms with Gasteiger partial charge in [-0.25, -0.2) is 0 Å². The van der Waals surface area contributed by atoms with E-state index >= 15 is 0 Å². The first-order chi connectivity index (χ1) is 6.57. The van der Waals surface area contributed by atoms with Crippen molar-refractivity contribution in [2.24, 2.45) is 5.73 Å². The molecule has 82 valence electrons. The maximum atomic E-state index is 10.7. The molecule has 0 fully saturated rings. The molecule has 14 heavy (non-hydrogen) atoms. The van der Waals surface area contributed by atoms with Crippen LogP contribution in [-0.2, 0) is 4.79 Å². The minimum absolute atomic E-state index is 0.517. The molecule has 0 saturated carbocycles. The molecule has 0 rings (SSSR count). The van der Waals surface area contributed by atoms with E-state index in [-0.39, 0.29) is 0 Å². The predicted octanol–water partition coefficient (Wildman–Crippen LogP) is 2.22. The molecule has 0 aromatic carbocycles. The van der Waals surface area contributed by atoms with E-state index in [9.17, 15) is 9.59 Å². The van der Waals surface area contributed by atoms with Crippen molar-refractivity contribution in [3.05, 3.63) is 0 Å². The Bertz CT molecular complexity index is 196. The second-order valence-electron chi connectivity index (χ2n) is 3.11. The van der Waals surface area contributed by atoms with Gasteiger partial charge in [0.05, 0.1) is 0 Å². The Morgan fingerprint density at radius 3 is 2.43 bits per heavy atom. The van der Waals surface area contributed by atoms with Gasteiger partial charge < -0.3 is 10.8 Å². The Morgan fingerprint density at radius 1 is 1.36 bits per heavy atom. The number of amides is 1. The summed E-state index contributed by atoms with van der Waals surface area (Å²) in [5.41, 5.74) is 4.92. The second kappa shape index (κ2) is 7.67. The number of primary amides is 1. The van der Waals surface area contributed by atoms with Gasteiger partial charge in [-0.1, -0.05) is 32.6 Å². The molecule has 1 atom stereocenters. The molecule has 0 radical (unpaired) electrons. The number of hydrogen-bond acceptors (Lipinski definition) is 3. The lowest BCUT2D eigenvalue weighted by Crippen LogP contribution is -2.20. The summed E-state index contributed by atoms with van der Waals surface area (Å²) in [4.78, 5) is 21.2. The first-order valence-corrected chi connectivity index (χ1v) is 5.64. The molecule has 0 aromatic heterocycles. The third kappa shape index (κ3) is 6.77. The SMILES string of the molecule is CCCCCCC(SC(N)=O)C(=O)O. The molecular formula is C9H17NO3S. The second-order valence-corrected chi connectivity index (χ2v) is 4.32. The lowest BCUT2D eigenvalue weighted by Gasteiger charge is -2.08. The third-order valence-corrected chi connectivity index (χ3v) is 2.81. The fourth-order valence-electron chi connectivity index (χ4n) is 1.13. The standard InChI is InChI=1S/C9H17NO3S/c1-2-3-4-5-6-7(8(11)12)14-9(10)13/h7H,2-6H2,1H3,(H2,10,13)(H,11,12). The monoisotopic (exact) mass is 219 g/mol. The highest BCUT2D eigenvalue weighted by molar-refractivity contribution is 8.14. The first-order valence-electron chi connectivity index (χ1n) is 4.76. The first kappa shape index (κ1) is 13.3. The maximum Gasteiger partial charge on any atom is 0.317 e. The average Bonchev–Trinajstić information content (AvgIpc) is 2.09. The van der Waals surface area contributed by atoms with Gasteiger partial charge in [0.25, 0.3) is 5.24 Å². The van der Waals surface area contributed by atoms with E-state index in [1.54, 1.807) is 0 Å². The number of carboxylic acid groups (broad SMARTS) is 1. The van der Waals surface area contributed by atoms with Gasteiger partial charge in [0.15, 0.2) is 0 Å². The van der Waals surface area contributed by atoms with Crippen LogP contribution in [0.4, 0.5) is 4.79 Å². The van der Waals surface area contributed by atoms with E-state index in [2.05, 4.69) is 6.92 Å². The van der Waals surface area contributed by atoms with Crippen LogP contribution >= 0.6 is 11.8 Å². The minimum Gasteiger partial charge on any atom is -0.480 e. The predicted molar refractivity (Wildman–Crippen MR) is 57.4 cm³/mol. The van der Waals surface area contributed by atoms with Crippen LogP contribution in [-0.4, -0.2) is 21.6 Å². The van der Waals surface area contributed by atoms with E-state index in [1.165, 1.54) is 0 Å². The highest BCUT2D eigenvalue weighted by Crippen LogP contribution is 2.18.